The predicted molar refractivity (Wildman–Crippen MR) is 76.4 cm³/mol. The fraction of sp³-hybridized carbons (Fsp3) is 0.500. The fourth-order valence-electron chi connectivity index (χ4n) is 2.22. The van der Waals surface area contributed by atoms with E-state index in [-0.39, 0.29) is 5.91 Å². The number of carbonyl (C=O) groups is 1. The van der Waals surface area contributed by atoms with Crippen LogP contribution in [0.25, 0.3) is 0 Å². The zero-order chi connectivity index (χ0) is 12.8. The smallest absolute Gasteiger partial charge is 0.224 e. The molecule has 0 aromatic heterocycles. The molecule has 1 aliphatic heterocycles. The lowest BCUT2D eigenvalue weighted by Gasteiger charge is -2.22. The highest BCUT2D eigenvalue weighted by Gasteiger charge is 2.14. The minimum Gasteiger partial charge on any atom is -0.356 e. The number of piperidine rings is 1. The van der Waals surface area contributed by atoms with Gasteiger partial charge >= 0.3 is 0 Å². The van der Waals surface area contributed by atoms with Gasteiger partial charge in [-0.15, -0.1) is 0 Å². The number of amides is 1. The molecule has 1 heterocycles. The summed E-state index contributed by atoms with van der Waals surface area (Å²) in [4.78, 5) is 11.9. The van der Waals surface area contributed by atoms with E-state index in [0.29, 0.717) is 12.3 Å². The van der Waals surface area contributed by atoms with Crippen LogP contribution < -0.4 is 10.6 Å². The van der Waals surface area contributed by atoms with E-state index >= 15 is 0 Å². The second kappa shape index (κ2) is 6.90. The lowest BCUT2D eigenvalue weighted by atomic mass is 9.98. The van der Waals surface area contributed by atoms with Crippen LogP contribution >= 0.6 is 15.9 Å². The predicted octanol–water partition coefficient (Wildman–Crippen LogP) is 2.11. The molecular formula is C14H19BrN2O. The Bertz CT molecular complexity index is 403. The van der Waals surface area contributed by atoms with Gasteiger partial charge in [0.25, 0.3) is 0 Å². The molecule has 1 amide bonds. The highest BCUT2D eigenvalue weighted by molar-refractivity contribution is 9.10. The average Bonchev–Trinajstić information content (AvgIpc) is 2.40. The quantitative estimate of drug-likeness (QED) is 0.894. The Hall–Kier alpha value is -0.870. The van der Waals surface area contributed by atoms with Crippen LogP contribution in [0.3, 0.4) is 0 Å². The molecule has 0 radical (unpaired) electrons. The van der Waals surface area contributed by atoms with Crippen molar-refractivity contribution < 1.29 is 4.79 Å². The van der Waals surface area contributed by atoms with Crippen LogP contribution in [0.15, 0.2) is 28.7 Å². The molecule has 0 atom stereocenters. The highest BCUT2D eigenvalue weighted by Crippen LogP contribution is 2.16. The van der Waals surface area contributed by atoms with Gasteiger partial charge in [-0.1, -0.05) is 34.1 Å². The lowest BCUT2D eigenvalue weighted by molar-refractivity contribution is -0.120. The molecule has 3 nitrogen and oxygen atoms in total. The maximum absolute atomic E-state index is 11.9. The first-order valence-corrected chi connectivity index (χ1v) is 7.26. The number of rotatable bonds is 4. The Morgan fingerprint density at radius 2 is 2.06 bits per heavy atom. The van der Waals surface area contributed by atoms with Crippen LogP contribution in [0.1, 0.15) is 18.4 Å². The van der Waals surface area contributed by atoms with Crippen LogP contribution in [0, 0.1) is 5.92 Å². The Morgan fingerprint density at radius 3 is 2.78 bits per heavy atom. The molecule has 0 bridgehead atoms. The van der Waals surface area contributed by atoms with E-state index in [2.05, 4.69) is 26.6 Å². The van der Waals surface area contributed by atoms with Crippen LogP contribution in [-0.2, 0) is 11.2 Å². The maximum Gasteiger partial charge on any atom is 0.224 e. The summed E-state index contributed by atoms with van der Waals surface area (Å²) >= 11 is 3.46. The van der Waals surface area contributed by atoms with E-state index in [1.165, 1.54) is 0 Å². The van der Waals surface area contributed by atoms with E-state index in [1.54, 1.807) is 0 Å². The summed E-state index contributed by atoms with van der Waals surface area (Å²) in [5.41, 5.74) is 1.04. The summed E-state index contributed by atoms with van der Waals surface area (Å²) in [7, 11) is 0. The van der Waals surface area contributed by atoms with Gasteiger partial charge in [0.15, 0.2) is 0 Å². The third kappa shape index (κ3) is 4.10. The SMILES string of the molecule is O=C(Cc1ccccc1Br)NCC1CCNCC1. The van der Waals surface area contributed by atoms with E-state index in [1.807, 2.05) is 24.3 Å². The first kappa shape index (κ1) is 13.6. The van der Waals surface area contributed by atoms with Gasteiger partial charge in [0.05, 0.1) is 6.42 Å². The van der Waals surface area contributed by atoms with Crippen molar-refractivity contribution in [1.82, 2.24) is 10.6 Å². The zero-order valence-electron chi connectivity index (χ0n) is 10.4. The molecule has 0 aliphatic carbocycles. The van der Waals surface area contributed by atoms with Crippen LogP contribution in [-0.4, -0.2) is 25.5 Å². The van der Waals surface area contributed by atoms with Gasteiger partial charge in [0.1, 0.15) is 0 Å². The maximum atomic E-state index is 11.9. The molecule has 98 valence electrons. The second-order valence-corrected chi connectivity index (χ2v) is 5.62. The molecule has 1 aromatic rings. The zero-order valence-corrected chi connectivity index (χ0v) is 12.0. The molecule has 1 saturated heterocycles. The van der Waals surface area contributed by atoms with Crippen LogP contribution in [0.2, 0.25) is 0 Å². The van der Waals surface area contributed by atoms with Crippen molar-refractivity contribution in [1.29, 1.82) is 0 Å². The number of halogens is 1. The summed E-state index contributed by atoms with van der Waals surface area (Å²) < 4.78 is 1.00. The minimum absolute atomic E-state index is 0.112. The molecule has 0 saturated carbocycles. The Kier molecular flexibility index (Phi) is 5.20. The van der Waals surface area contributed by atoms with Crippen molar-refractivity contribution in [3.8, 4) is 0 Å². The standard InChI is InChI=1S/C14H19BrN2O/c15-13-4-2-1-3-12(13)9-14(18)17-10-11-5-7-16-8-6-11/h1-4,11,16H,5-10H2,(H,17,18). The van der Waals surface area contributed by atoms with Gasteiger partial charge in [-0.05, 0) is 43.5 Å². The van der Waals surface area contributed by atoms with Crippen molar-refractivity contribution in [3.05, 3.63) is 34.3 Å². The summed E-state index contributed by atoms with van der Waals surface area (Å²) in [6.07, 6.45) is 2.77. The number of hydrogen-bond acceptors (Lipinski definition) is 2. The molecule has 1 aliphatic rings. The van der Waals surface area contributed by atoms with Crippen LogP contribution in [0.4, 0.5) is 0 Å². The third-order valence-corrected chi connectivity index (χ3v) is 4.13. The van der Waals surface area contributed by atoms with Gasteiger partial charge in [-0.3, -0.25) is 4.79 Å². The largest absolute Gasteiger partial charge is 0.356 e. The van der Waals surface area contributed by atoms with Crippen molar-refractivity contribution >= 4 is 21.8 Å². The van der Waals surface area contributed by atoms with Crippen molar-refractivity contribution in [3.63, 3.8) is 0 Å². The molecule has 1 aromatic carbocycles. The Labute approximate surface area is 116 Å². The minimum atomic E-state index is 0.112. The number of benzene rings is 1. The summed E-state index contributed by atoms with van der Waals surface area (Å²) in [6.45, 7) is 2.96. The summed E-state index contributed by atoms with van der Waals surface area (Å²) in [5, 5.41) is 6.37. The Morgan fingerprint density at radius 1 is 1.33 bits per heavy atom. The van der Waals surface area contributed by atoms with E-state index in [0.717, 1.165) is 42.5 Å². The number of carbonyl (C=O) groups excluding carboxylic acids is 1. The van der Waals surface area contributed by atoms with E-state index in [9.17, 15) is 4.79 Å². The van der Waals surface area contributed by atoms with Crippen LogP contribution in [0.5, 0.6) is 0 Å². The first-order chi connectivity index (χ1) is 8.75. The molecule has 0 unspecified atom stereocenters. The monoisotopic (exact) mass is 310 g/mol. The fourth-order valence-corrected chi connectivity index (χ4v) is 2.65. The molecule has 18 heavy (non-hydrogen) atoms. The first-order valence-electron chi connectivity index (χ1n) is 6.46. The van der Waals surface area contributed by atoms with Gasteiger partial charge in [-0.2, -0.15) is 0 Å². The molecular weight excluding hydrogens is 292 g/mol. The lowest BCUT2D eigenvalue weighted by Crippen LogP contribution is -2.36. The highest BCUT2D eigenvalue weighted by atomic mass is 79.9. The number of hydrogen-bond donors (Lipinski definition) is 2. The number of nitrogens with one attached hydrogen (secondary N) is 2. The molecule has 1 fully saturated rings. The average molecular weight is 311 g/mol. The van der Waals surface area contributed by atoms with Gasteiger partial charge < -0.3 is 10.6 Å². The molecule has 4 heteroatoms. The van der Waals surface area contributed by atoms with Gasteiger partial charge in [0, 0.05) is 11.0 Å². The molecule has 2 N–H and O–H groups in total. The van der Waals surface area contributed by atoms with Crippen molar-refractivity contribution in [2.75, 3.05) is 19.6 Å². The summed E-state index contributed by atoms with van der Waals surface area (Å²) in [6, 6.07) is 7.87. The molecule has 0 spiro atoms. The van der Waals surface area contributed by atoms with E-state index in [4.69, 9.17) is 0 Å². The van der Waals surface area contributed by atoms with Crippen molar-refractivity contribution in [2.45, 2.75) is 19.3 Å². The van der Waals surface area contributed by atoms with E-state index < -0.39 is 0 Å². The second-order valence-electron chi connectivity index (χ2n) is 4.77. The van der Waals surface area contributed by atoms with Gasteiger partial charge in [-0.25, -0.2) is 0 Å². The Balaban J connectivity index is 1.76. The third-order valence-electron chi connectivity index (χ3n) is 3.36. The molecule has 2 rings (SSSR count). The van der Waals surface area contributed by atoms with Crippen molar-refractivity contribution in [2.24, 2.45) is 5.92 Å². The summed E-state index contributed by atoms with van der Waals surface area (Å²) in [5.74, 6) is 0.745. The normalized spacial score (nSPS) is 16.5. The topological polar surface area (TPSA) is 41.1 Å². The van der Waals surface area contributed by atoms with Gasteiger partial charge in [0.2, 0.25) is 5.91 Å².